The van der Waals surface area contributed by atoms with Gasteiger partial charge in [0.15, 0.2) is 0 Å². The van der Waals surface area contributed by atoms with Crippen molar-refractivity contribution in [2.24, 2.45) is 5.92 Å². The maximum absolute atomic E-state index is 12.2. The molecule has 1 unspecified atom stereocenters. The van der Waals surface area contributed by atoms with Crippen LogP contribution in [-0.2, 0) is 9.53 Å². The predicted molar refractivity (Wildman–Crippen MR) is 126 cm³/mol. The SMILES string of the molecule is CC(C)CCOc1ccc(NC(=O)CNc2ccc(C(=O)NCC3CCCO3)cc2)cc1. The van der Waals surface area contributed by atoms with Crippen molar-refractivity contribution < 1.29 is 19.1 Å². The molecule has 172 valence electrons. The molecule has 2 aromatic carbocycles. The quantitative estimate of drug-likeness (QED) is 0.491. The van der Waals surface area contributed by atoms with Crippen LogP contribution in [0.1, 0.15) is 43.5 Å². The summed E-state index contributed by atoms with van der Waals surface area (Å²) in [5.41, 5.74) is 2.06. The van der Waals surface area contributed by atoms with E-state index in [-0.39, 0.29) is 24.5 Å². The van der Waals surface area contributed by atoms with Gasteiger partial charge in [0.1, 0.15) is 5.75 Å². The average molecular weight is 440 g/mol. The second kappa shape index (κ2) is 12.1. The Morgan fingerprint density at radius 2 is 1.78 bits per heavy atom. The molecule has 1 aliphatic rings. The van der Waals surface area contributed by atoms with E-state index < -0.39 is 0 Å². The van der Waals surface area contributed by atoms with Gasteiger partial charge in [-0.15, -0.1) is 0 Å². The number of ether oxygens (including phenoxy) is 2. The number of amides is 2. The standard InChI is InChI=1S/C25H33N3O4/c1-18(2)13-15-32-22-11-9-21(10-12-22)28-24(29)17-26-20-7-5-19(6-8-20)25(30)27-16-23-4-3-14-31-23/h5-12,18,23,26H,3-4,13-17H2,1-2H3,(H,27,30)(H,28,29). The number of carbonyl (C=O) groups is 2. The van der Waals surface area contributed by atoms with E-state index in [1.165, 1.54) is 0 Å². The first-order chi connectivity index (χ1) is 15.5. The number of hydrogen-bond acceptors (Lipinski definition) is 5. The van der Waals surface area contributed by atoms with E-state index in [0.29, 0.717) is 30.3 Å². The zero-order valence-corrected chi connectivity index (χ0v) is 18.9. The molecule has 1 atom stereocenters. The molecule has 32 heavy (non-hydrogen) atoms. The van der Waals surface area contributed by atoms with Gasteiger partial charge < -0.3 is 25.4 Å². The Bertz CT molecular complexity index is 860. The Morgan fingerprint density at radius 3 is 2.44 bits per heavy atom. The molecule has 7 nitrogen and oxygen atoms in total. The summed E-state index contributed by atoms with van der Waals surface area (Å²) >= 11 is 0. The number of benzene rings is 2. The summed E-state index contributed by atoms with van der Waals surface area (Å²) in [4.78, 5) is 24.5. The van der Waals surface area contributed by atoms with Crippen LogP contribution < -0.4 is 20.7 Å². The molecule has 0 bridgehead atoms. The highest BCUT2D eigenvalue weighted by atomic mass is 16.5. The molecule has 1 heterocycles. The number of rotatable bonds is 11. The van der Waals surface area contributed by atoms with Gasteiger partial charge in [-0.2, -0.15) is 0 Å². The third-order valence-corrected chi connectivity index (χ3v) is 5.22. The Hall–Kier alpha value is -3.06. The van der Waals surface area contributed by atoms with E-state index in [9.17, 15) is 9.59 Å². The highest BCUT2D eigenvalue weighted by molar-refractivity contribution is 5.95. The average Bonchev–Trinajstić information content (AvgIpc) is 3.31. The lowest BCUT2D eigenvalue weighted by atomic mass is 10.1. The number of carbonyl (C=O) groups excluding carboxylic acids is 2. The summed E-state index contributed by atoms with van der Waals surface area (Å²) in [6.07, 6.45) is 3.16. The summed E-state index contributed by atoms with van der Waals surface area (Å²) in [5.74, 6) is 1.12. The van der Waals surface area contributed by atoms with Gasteiger partial charge in [0, 0.05) is 30.1 Å². The van der Waals surface area contributed by atoms with Crippen LogP contribution in [0.4, 0.5) is 11.4 Å². The molecule has 0 spiro atoms. The van der Waals surface area contributed by atoms with Gasteiger partial charge in [-0.25, -0.2) is 0 Å². The second-order valence-corrected chi connectivity index (χ2v) is 8.38. The minimum absolute atomic E-state index is 0.118. The van der Waals surface area contributed by atoms with Crippen LogP contribution in [0, 0.1) is 5.92 Å². The normalized spacial score (nSPS) is 15.4. The summed E-state index contributed by atoms with van der Waals surface area (Å²) in [5, 5.41) is 8.82. The molecular formula is C25H33N3O4. The maximum Gasteiger partial charge on any atom is 0.251 e. The van der Waals surface area contributed by atoms with E-state index in [1.807, 2.05) is 24.3 Å². The topological polar surface area (TPSA) is 88.7 Å². The van der Waals surface area contributed by atoms with Crippen LogP contribution >= 0.6 is 0 Å². The molecule has 1 fully saturated rings. The van der Waals surface area contributed by atoms with Gasteiger partial charge in [-0.3, -0.25) is 9.59 Å². The van der Waals surface area contributed by atoms with E-state index in [4.69, 9.17) is 9.47 Å². The van der Waals surface area contributed by atoms with Crippen LogP contribution in [0.15, 0.2) is 48.5 Å². The molecule has 0 saturated carbocycles. The maximum atomic E-state index is 12.2. The van der Waals surface area contributed by atoms with Gasteiger partial charge in [0.2, 0.25) is 5.91 Å². The fourth-order valence-electron chi connectivity index (χ4n) is 3.29. The van der Waals surface area contributed by atoms with Crippen molar-refractivity contribution in [1.82, 2.24) is 5.32 Å². The molecule has 3 N–H and O–H groups in total. The van der Waals surface area contributed by atoms with Gasteiger partial charge in [-0.1, -0.05) is 13.8 Å². The van der Waals surface area contributed by atoms with Crippen molar-refractivity contribution in [2.75, 3.05) is 36.9 Å². The summed E-state index contributed by atoms with van der Waals surface area (Å²) < 4.78 is 11.2. The van der Waals surface area contributed by atoms with Gasteiger partial charge in [0.25, 0.3) is 5.91 Å². The zero-order valence-electron chi connectivity index (χ0n) is 18.9. The Labute approximate surface area is 189 Å². The van der Waals surface area contributed by atoms with Crippen LogP contribution in [-0.4, -0.2) is 44.2 Å². The van der Waals surface area contributed by atoms with Crippen LogP contribution in [0.3, 0.4) is 0 Å². The van der Waals surface area contributed by atoms with E-state index in [0.717, 1.165) is 37.3 Å². The molecule has 0 radical (unpaired) electrons. The first-order valence-electron chi connectivity index (χ1n) is 11.3. The van der Waals surface area contributed by atoms with Crippen LogP contribution in [0.25, 0.3) is 0 Å². The Kier molecular flexibility index (Phi) is 8.92. The summed E-state index contributed by atoms with van der Waals surface area (Å²) in [6.45, 7) is 6.43. The smallest absolute Gasteiger partial charge is 0.251 e. The van der Waals surface area contributed by atoms with E-state index in [1.54, 1.807) is 24.3 Å². The number of hydrogen-bond donors (Lipinski definition) is 3. The van der Waals surface area contributed by atoms with Gasteiger partial charge in [-0.05, 0) is 73.7 Å². The van der Waals surface area contributed by atoms with E-state index in [2.05, 4.69) is 29.8 Å². The predicted octanol–water partition coefficient (Wildman–Crippen LogP) is 4.07. The minimum Gasteiger partial charge on any atom is -0.494 e. The number of nitrogens with one attached hydrogen (secondary N) is 3. The molecule has 7 heteroatoms. The molecule has 3 rings (SSSR count). The van der Waals surface area contributed by atoms with Gasteiger partial charge >= 0.3 is 0 Å². The van der Waals surface area contributed by atoms with E-state index >= 15 is 0 Å². The second-order valence-electron chi connectivity index (χ2n) is 8.38. The Balaban J connectivity index is 1.38. The highest BCUT2D eigenvalue weighted by Crippen LogP contribution is 2.17. The number of anilines is 2. The lowest BCUT2D eigenvalue weighted by Crippen LogP contribution is -2.31. The molecule has 2 aromatic rings. The lowest BCUT2D eigenvalue weighted by Gasteiger charge is -2.12. The largest absolute Gasteiger partial charge is 0.494 e. The van der Waals surface area contributed by atoms with Crippen molar-refractivity contribution in [3.05, 3.63) is 54.1 Å². The molecule has 0 aliphatic carbocycles. The van der Waals surface area contributed by atoms with Crippen molar-refractivity contribution in [3.63, 3.8) is 0 Å². The summed E-state index contributed by atoms with van der Waals surface area (Å²) in [7, 11) is 0. The van der Waals surface area contributed by atoms with Crippen LogP contribution in [0.5, 0.6) is 5.75 Å². The highest BCUT2D eigenvalue weighted by Gasteiger charge is 2.16. The first kappa shape index (κ1) is 23.6. The third kappa shape index (κ3) is 7.89. The molecule has 1 aliphatic heterocycles. The van der Waals surface area contributed by atoms with Crippen molar-refractivity contribution in [3.8, 4) is 5.75 Å². The zero-order chi connectivity index (χ0) is 22.8. The molecular weight excluding hydrogens is 406 g/mol. The Morgan fingerprint density at radius 1 is 1.06 bits per heavy atom. The summed E-state index contributed by atoms with van der Waals surface area (Å²) in [6, 6.07) is 14.4. The molecule has 1 saturated heterocycles. The molecule has 2 amide bonds. The molecule has 0 aromatic heterocycles. The lowest BCUT2D eigenvalue weighted by molar-refractivity contribution is -0.114. The monoisotopic (exact) mass is 439 g/mol. The van der Waals surface area contributed by atoms with Crippen molar-refractivity contribution in [1.29, 1.82) is 0 Å². The fourth-order valence-corrected chi connectivity index (χ4v) is 3.29. The third-order valence-electron chi connectivity index (χ3n) is 5.22. The fraction of sp³-hybridized carbons (Fsp3) is 0.440. The first-order valence-corrected chi connectivity index (χ1v) is 11.3. The van der Waals surface area contributed by atoms with Crippen LogP contribution in [0.2, 0.25) is 0 Å². The van der Waals surface area contributed by atoms with Crippen molar-refractivity contribution in [2.45, 2.75) is 39.2 Å². The minimum atomic E-state index is -0.156. The van der Waals surface area contributed by atoms with Gasteiger partial charge in [0.05, 0.1) is 19.3 Å². The van der Waals surface area contributed by atoms with Crippen molar-refractivity contribution >= 4 is 23.2 Å².